The normalized spacial score (nSPS) is 11.7. The molecule has 0 bridgehead atoms. The van der Waals surface area contributed by atoms with Crippen molar-refractivity contribution in [2.24, 2.45) is 0 Å². The first-order valence-corrected chi connectivity index (χ1v) is 7.87. The minimum atomic E-state index is -1.12. The second-order valence-electron chi connectivity index (χ2n) is 4.93. The monoisotopic (exact) mass is 396 g/mol. The van der Waals surface area contributed by atoms with Gasteiger partial charge in [-0.1, -0.05) is 39.7 Å². The van der Waals surface area contributed by atoms with Crippen LogP contribution < -0.4 is 11.1 Å². The van der Waals surface area contributed by atoms with Crippen LogP contribution in [0.3, 0.4) is 0 Å². The van der Waals surface area contributed by atoms with E-state index in [-0.39, 0.29) is 17.7 Å². The Labute approximate surface area is 146 Å². The summed E-state index contributed by atoms with van der Waals surface area (Å²) < 4.78 is 0.682. The highest BCUT2D eigenvalue weighted by Crippen LogP contribution is 2.19. The van der Waals surface area contributed by atoms with E-state index in [4.69, 9.17) is 17.3 Å². The average Bonchev–Trinajstić information content (AvgIpc) is 2.51. The first kappa shape index (κ1) is 17.3. The van der Waals surface area contributed by atoms with Gasteiger partial charge in [0, 0.05) is 21.6 Å². The van der Waals surface area contributed by atoms with Gasteiger partial charge in [-0.2, -0.15) is 0 Å². The molecule has 0 saturated heterocycles. The van der Waals surface area contributed by atoms with Crippen LogP contribution in [0.4, 0.5) is 5.69 Å². The Morgan fingerprint density at radius 3 is 2.48 bits per heavy atom. The molecule has 2 rings (SSSR count). The van der Waals surface area contributed by atoms with Crippen molar-refractivity contribution in [3.8, 4) is 0 Å². The van der Waals surface area contributed by atoms with Crippen LogP contribution in [0.1, 0.15) is 15.9 Å². The number of carboxylic acid groups (broad SMARTS) is 1. The zero-order valence-electron chi connectivity index (χ0n) is 11.9. The number of rotatable bonds is 5. The van der Waals surface area contributed by atoms with Gasteiger partial charge in [0.25, 0.3) is 5.91 Å². The highest BCUT2D eigenvalue weighted by Gasteiger charge is 2.22. The lowest BCUT2D eigenvalue weighted by Gasteiger charge is -2.15. The Kier molecular flexibility index (Phi) is 5.63. The molecule has 2 aromatic carbocycles. The minimum Gasteiger partial charge on any atom is -0.480 e. The van der Waals surface area contributed by atoms with Crippen LogP contribution in [-0.4, -0.2) is 23.0 Å². The standard InChI is InChI=1S/C16H14BrClN2O3/c17-10-3-6-13(19)12(8-10)15(21)20-14(16(22)23)7-9-1-4-11(18)5-2-9/h1-6,8,14H,7,19H2,(H,20,21)(H,22,23). The lowest BCUT2D eigenvalue weighted by molar-refractivity contribution is -0.139. The van der Waals surface area contributed by atoms with Crippen molar-refractivity contribution >= 4 is 45.1 Å². The van der Waals surface area contributed by atoms with E-state index >= 15 is 0 Å². The van der Waals surface area contributed by atoms with Crippen LogP contribution in [-0.2, 0) is 11.2 Å². The van der Waals surface area contributed by atoms with Crippen LogP contribution in [0.2, 0.25) is 5.02 Å². The third kappa shape index (κ3) is 4.71. The Hall–Kier alpha value is -2.05. The van der Waals surface area contributed by atoms with Gasteiger partial charge in [0.2, 0.25) is 0 Å². The number of nitrogens with one attached hydrogen (secondary N) is 1. The molecule has 0 radical (unpaired) electrons. The zero-order valence-corrected chi connectivity index (χ0v) is 14.3. The number of hydrogen-bond acceptors (Lipinski definition) is 3. The Morgan fingerprint density at radius 2 is 1.87 bits per heavy atom. The van der Waals surface area contributed by atoms with Crippen LogP contribution >= 0.6 is 27.5 Å². The molecule has 2 aromatic rings. The summed E-state index contributed by atoms with van der Waals surface area (Å²) in [6.07, 6.45) is 0.145. The Bertz CT molecular complexity index is 735. The smallest absolute Gasteiger partial charge is 0.326 e. The van der Waals surface area contributed by atoms with E-state index in [0.717, 1.165) is 5.56 Å². The minimum absolute atomic E-state index is 0.145. The van der Waals surface area contributed by atoms with Crippen molar-refractivity contribution in [1.82, 2.24) is 5.32 Å². The summed E-state index contributed by atoms with van der Waals surface area (Å²) in [5.74, 6) is -1.66. The molecule has 120 valence electrons. The molecule has 7 heteroatoms. The lowest BCUT2D eigenvalue weighted by Crippen LogP contribution is -2.42. The molecule has 1 amide bonds. The SMILES string of the molecule is Nc1ccc(Br)cc1C(=O)NC(Cc1ccc(Cl)cc1)C(=O)O. The van der Waals surface area contributed by atoms with Crippen LogP contribution in [0.5, 0.6) is 0 Å². The molecule has 4 N–H and O–H groups in total. The molecule has 0 fully saturated rings. The fourth-order valence-electron chi connectivity index (χ4n) is 2.02. The summed E-state index contributed by atoms with van der Waals surface area (Å²) in [4.78, 5) is 23.7. The number of hydrogen-bond donors (Lipinski definition) is 3. The number of carbonyl (C=O) groups excluding carboxylic acids is 1. The predicted octanol–water partition coefficient (Wildman–Crippen LogP) is 3.11. The van der Waals surface area contributed by atoms with Crippen LogP contribution in [0.15, 0.2) is 46.9 Å². The highest BCUT2D eigenvalue weighted by molar-refractivity contribution is 9.10. The van der Waals surface area contributed by atoms with Gasteiger partial charge in [0.1, 0.15) is 6.04 Å². The summed E-state index contributed by atoms with van der Waals surface area (Å²) in [7, 11) is 0. The molecule has 23 heavy (non-hydrogen) atoms. The molecule has 0 spiro atoms. The third-order valence-corrected chi connectivity index (χ3v) is 3.96. The number of amides is 1. The molecule has 0 aliphatic carbocycles. The summed E-state index contributed by atoms with van der Waals surface area (Å²) in [5.41, 5.74) is 7.02. The maximum Gasteiger partial charge on any atom is 0.326 e. The molecule has 1 atom stereocenters. The number of benzene rings is 2. The number of carbonyl (C=O) groups is 2. The number of nitrogen functional groups attached to an aromatic ring is 1. The molecular weight excluding hydrogens is 384 g/mol. The van der Waals surface area contributed by atoms with Crippen molar-refractivity contribution in [1.29, 1.82) is 0 Å². The van der Waals surface area contributed by atoms with Gasteiger partial charge in [-0.25, -0.2) is 4.79 Å². The molecule has 0 heterocycles. The van der Waals surface area contributed by atoms with E-state index in [1.807, 2.05) is 0 Å². The summed E-state index contributed by atoms with van der Waals surface area (Å²) in [6.45, 7) is 0. The number of anilines is 1. The van der Waals surface area contributed by atoms with Gasteiger partial charge in [-0.3, -0.25) is 4.79 Å². The maximum atomic E-state index is 12.3. The second kappa shape index (κ2) is 7.48. The second-order valence-corrected chi connectivity index (χ2v) is 6.28. The van der Waals surface area contributed by atoms with Crippen LogP contribution in [0, 0.1) is 0 Å². The molecule has 0 aliphatic rings. The fourth-order valence-corrected chi connectivity index (χ4v) is 2.50. The maximum absolute atomic E-state index is 12.3. The molecule has 0 saturated carbocycles. The number of halogens is 2. The molecular formula is C16H14BrClN2O3. The number of nitrogens with two attached hydrogens (primary N) is 1. The molecule has 5 nitrogen and oxygen atoms in total. The van der Waals surface area contributed by atoms with E-state index < -0.39 is 17.9 Å². The molecule has 1 unspecified atom stereocenters. The summed E-state index contributed by atoms with van der Waals surface area (Å²) in [6, 6.07) is 10.5. The lowest BCUT2D eigenvalue weighted by atomic mass is 10.1. The van der Waals surface area contributed by atoms with Gasteiger partial charge in [0.05, 0.1) is 5.56 Å². The molecule has 0 aromatic heterocycles. The van der Waals surface area contributed by atoms with Gasteiger partial charge in [0.15, 0.2) is 0 Å². The van der Waals surface area contributed by atoms with Crippen molar-refractivity contribution in [3.05, 3.63) is 63.1 Å². The van der Waals surface area contributed by atoms with E-state index in [0.29, 0.717) is 9.50 Å². The van der Waals surface area contributed by atoms with Gasteiger partial charge in [-0.15, -0.1) is 0 Å². The van der Waals surface area contributed by atoms with E-state index in [1.54, 1.807) is 42.5 Å². The first-order chi connectivity index (χ1) is 10.9. The first-order valence-electron chi connectivity index (χ1n) is 6.70. The zero-order chi connectivity index (χ0) is 17.0. The van der Waals surface area contributed by atoms with Crippen LogP contribution in [0.25, 0.3) is 0 Å². The largest absolute Gasteiger partial charge is 0.480 e. The van der Waals surface area contributed by atoms with Gasteiger partial charge >= 0.3 is 5.97 Å². The van der Waals surface area contributed by atoms with E-state index in [9.17, 15) is 14.7 Å². The highest BCUT2D eigenvalue weighted by atomic mass is 79.9. The van der Waals surface area contributed by atoms with Crippen molar-refractivity contribution in [3.63, 3.8) is 0 Å². The summed E-state index contributed by atoms with van der Waals surface area (Å²) >= 11 is 9.06. The van der Waals surface area contributed by atoms with E-state index in [1.165, 1.54) is 0 Å². The van der Waals surface area contributed by atoms with E-state index in [2.05, 4.69) is 21.2 Å². The average molecular weight is 398 g/mol. The molecule has 0 aliphatic heterocycles. The van der Waals surface area contributed by atoms with Gasteiger partial charge < -0.3 is 16.2 Å². The Morgan fingerprint density at radius 1 is 1.22 bits per heavy atom. The van der Waals surface area contributed by atoms with Gasteiger partial charge in [-0.05, 0) is 35.9 Å². The van der Waals surface area contributed by atoms with Crippen molar-refractivity contribution in [2.75, 3.05) is 5.73 Å². The Balaban J connectivity index is 2.15. The van der Waals surface area contributed by atoms with Crippen molar-refractivity contribution < 1.29 is 14.7 Å². The third-order valence-electron chi connectivity index (χ3n) is 3.22. The topological polar surface area (TPSA) is 92.4 Å². The summed E-state index contributed by atoms with van der Waals surface area (Å²) in [5, 5.41) is 12.4. The number of aliphatic carboxylic acids is 1. The fraction of sp³-hybridized carbons (Fsp3) is 0.125. The quantitative estimate of drug-likeness (QED) is 0.676. The number of carboxylic acids is 1. The van der Waals surface area contributed by atoms with Crippen molar-refractivity contribution in [2.45, 2.75) is 12.5 Å². The predicted molar refractivity (Wildman–Crippen MR) is 92.6 cm³/mol.